The number of aromatic nitrogens is 2. The Bertz CT molecular complexity index is 1810. The largest absolute Gasteiger partial charge is 0.459 e. The minimum atomic E-state index is -2.15. The van der Waals surface area contributed by atoms with E-state index in [1.54, 1.807) is 36.4 Å². The lowest BCUT2D eigenvalue weighted by Gasteiger charge is -2.35. The summed E-state index contributed by atoms with van der Waals surface area (Å²) in [7, 11) is 0. The van der Waals surface area contributed by atoms with E-state index < -0.39 is 34.8 Å². The van der Waals surface area contributed by atoms with Crippen molar-refractivity contribution in [1.82, 2.24) is 20.2 Å². The van der Waals surface area contributed by atoms with Crippen molar-refractivity contribution < 1.29 is 23.9 Å². The molecule has 1 fully saturated rings. The molecule has 10 nitrogen and oxygen atoms in total. The highest BCUT2D eigenvalue weighted by atomic mass is 35.5. The average Bonchev–Trinajstić information content (AvgIpc) is 2.98. The Balaban J connectivity index is 1.50. The molecule has 2 heterocycles. The van der Waals surface area contributed by atoms with Crippen LogP contribution in [0, 0.1) is 6.92 Å². The molecule has 3 amide bonds. The molecule has 0 radical (unpaired) electrons. The molecule has 0 saturated carbocycles. The van der Waals surface area contributed by atoms with Crippen molar-refractivity contribution in [2.45, 2.75) is 38.5 Å². The summed E-state index contributed by atoms with van der Waals surface area (Å²) < 4.78 is 6.54. The van der Waals surface area contributed by atoms with Crippen molar-refractivity contribution >= 4 is 57.8 Å². The van der Waals surface area contributed by atoms with Gasteiger partial charge in [0.15, 0.2) is 0 Å². The zero-order chi connectivity index (χ0) is 30.0. The van der Waals surface area contributed by atoms with E-state index in [1.807, 2.05) is 6.07 Å². The van der Waals surface area contributed by atoms with Crippen LogP contribution in [0.3, 0.4) is 0 Å². The minimum Gasteiger partial charge on any atom is -0.459 e. The number of rotatable bonds is 7. The quantitative estimate of drug-likeness (QED) is 0.185. The molecule has 1 aliphatic heterocycles. The Morgan fingerprint density at radius 1 is 1.00 bits per heavy atom. The molecule has 0 unspecified atom stereocenters. The average molecular weight is 607 g/mol. The number of aryl methyl sites for hydroxylation is 1. The summed E-state index contributed by atoms with van der Waals surface area (Å²) in [4.78, 5) is 70.1. The predicted octanol–water partition coefficient (Wildman–Crippen LogP) is 3.82. The second-order valence-electron chi connectivity index (χ2n) is 9.76. The first-order valence-corrected chi connectivity index (χ1v) is 13.7. The van der Waals surface area contributed by atoms with Gasteiger partial charge in [-0.2, -0.15) is 0 Å². The Morgan fingerprint density at radius 3 is 2.48 bits per heavy atom. The number of carbonyl (C=O) groups excluding carboxylic acids is 4. The van der Waals surface area contributed by atoms with E-state index in [2.05, 4.69) is 15.6 Å². The van der Waals surface area contributed by atoms with Crippen molar-refractivity contribution in [2.24, 2.45) is 0 Å². The van der Waals surface area contributed by atoms with Crippen LogP contribution in [0.25, 0.3) is 10.9 Å². The SMILES string of the molecule is Cc1nc2ccc(CNC(=O)c3ccc(Cl)c(Cl)c3)cc2c(=O)n1[C@@]1(C(=O)OCc2ccccc2)CCC(=O)NC1=O. The summed E-state index contributed by atoms with van der Waals surface area (Å²) in [6.07, 6.45) is -0.463. The number of hydrogen-bond donors (Lipinski definition) is 2. The normalized spacial score (nSPS) is 16.6. The predicted molar refractivity (Wildman–Crippen MR) is 155 cm³/mol. The van der Waals surface area contributed by atoms with E-state index in [4.69, 9.17) is 27.9 Å². The van der Waals surface area contributed by atoms with Gasteiger partial charge in [-0.1, -0.05) is 59.6 Å². The molecule has 4 aromatic rings. The zero-order valence-electron chi connectivity index (χ0n) is 22.3. The second kappa shape index (κ2) is 11.8. The third-order valence-corrected chi connectivity index (χ3v) is 7.75. The summed E-state index contributed by atoms with van der Waals surface area (Å²) in [5, 5.41) is 5.62. The van der Waals surface area contributed by atoms with Crippen LogP contribution in [0.1, 0.15) is 40.2 Å². The number of ether oxygens (including phenoxy) is 1. The Kier molecular flexibility index (Phi) is 8.11. The molecule has 3 aromatic carbocycles. The monoisotopic (exact) mass is 606 g/mol. The molecule has 2 N–H and O–H groups in total. The van der Waals surface area contributed by atoms with Gasteiger partial charge in [-0.3, -0.25) is 29.1 Å². The fourth-order valence-corrected chi connectivity index (χ4v) is 5.17. The fraction of sp³-hybridized carbons (Fsp3) is 0.200. The van der Waals surface area contributed by atoms with Gasteiger partial charge in [-0.05, 0) is 54.8 Å². The van der Waals surface area contributed by atoms with E-state index in [0.29, 0.717) is 27.2 Å². The molecule has 0 bridgehead atoms. The van der Waals surface area contributed by atoms with Crippen LogP contribution in [0.2, 0.25) is 10.0 Å². The number of hydrogen-bond acceptors (Lipinski definition) is 7. The van der Waals surface area contributed by atoms with Gasteiger partial charge in [0.25, 0.3) is 17.4 Å². The maximum absolute atomic E-state index is 14.0. The number of benzene rings is 3. The van der Waals surface area contributed by atoms with E-state index in [-0.39, 0.29) is 42.2 Å². The number of amides is 3. The molecule has 42 heavy (non-hydrogen) atoms. The highest BCUT2D eigenvalue weighted by Gasteiger charge is 2.54. The summed E-state index contributed by atoms with van der Waals surface area (Å²) >= 11 is 11.9. The maximum Gasteiger partial charge on any atom is 0.342 e. The first-order chi connectivity index (χ1) is 20.1. The van der Waals surface area contributed by atoms with Crippen molar-refractivity contribution in [2.75, 3.05) is 0 Å². The van der Waals surface area contributed by atoms with Crippen LogP contribution in [0.15, 0.2) is 71.5 Å². The molecule has 1 aliphatic rings. The van der Waals surface area contributed by atoms with Gasteiger partial charge in [0, 0.05) is 18.5 Å². The lowest BCUT2D eigenvalue weighted by molar-refractivity contribution is -0.164. The van der Waals surface area contributed by atoms with Crippen LogP contribution in [-0.4, -0.2) is 33.2 Å². The lowest BCUT2D eigenvalue weighted by atomic mass is 9.87. The molecule has 12 heteroatoms. The van der Waals surface area contributed by atoms with Crippen LogP contribution < -0.4 is 16.2 Å². The highest BCUT2D eigenvalue weighted by Crippen LogP contribution is 2.30. The minimum absolute atomic E-state index is 0.0571. The van der Waals surface area contributed by atoms with Crippen molar-refractivity contribution in [3.05, 3.63) is 110 Å². The third kappa shape index (κ3) is 5.50. The van der Waals surface area contributed by atoms with Gasteiger partial charge in [0.2, 0.25) is 11.4 Å². The van der Waals surface area contributed by atoms with Crippen molar-refractivity contribution in [3.8, 4) is 0 Å². The molecule has 1 atom stereocenters. The van der Waals surface area contributed by atoms with Gasteiger partial charge in [0.1, 0.15) is 12.4 Å². The smallest absolute Gasteiger partial charge is 0.342 e. The molecular formula is C30H24Cl2N4O6. The maximum atomic E-state index is 14.0. The summed E-state index contributed by atoms with van der Waals surface area (Å²) in [6.45, 7) is 1.42. The molecule has 5 rings (SSSR count). The van der Waals surface area contributed by atoms with E-state index in [9.17, 15) is 24.0 Å². The summed E-state index contributed by atoms with van der Waals surface area (Å²) in [6, 6.07) is 18.2. The van der Waals surface area contributed by atoms with Crippen LogP contribution in [0.5, 0.6) is 0 Å². The zero-order valence-corrected chi connectivity index (χ0v) is 23.8. The Labute approximate surface area is 249 Å². The number of nitrogens with one attached hydrogen (secondary N) is 2. The van der Waals surface area contributed by atoms with Crippen molar-refractivity contribution in [1.29, 1.82) is 0 Å². The molecule has 0 spiro atoms. The van der Waals surface area contributed by atoms with E-state index in [1.165, 1.54) is 31.2 Å². The number of nitrogens with zero attached hydrogens (tertiary/aromatic N) is 2. The number of fused-ring (bicyclic) bond motifs is 1. The number of piperidine rings is 1. The van der Waals surface area contributed by atoms with Gasteiger partial charge in [0.05, 0.1) is 20.9 Å². The number of esters is 1. The van der Waals surface area contributed by atoms with Crippen LogP contribution >= 0.6 is 23.2 Å². The second-order valence-corrected chi connectivity index (χ2v) is 10.6. The van der Waals surface area contributed by atoms with Gasteiger partial charge in [-0.15, -0.1) is 0 Å². The molecule has 1 aromatic heterocycles. The standard InChI is InChI=1S/C30H24Cl2N4O6/c1-17-34-24-10-7-19(15-33-26(38)20-8-9-22(31)23(32)14-20)13-21(24)27(39)36(17)30(12-11-25(37)35-28(30)40)29(41)42-16-18-5-3-2-4-6-18/h2-10,13-14H,11-12,15-16H2,1H3,(H,33,38)(H,35,37,40)/t30-/m0/s1. The molecule has 214 valence electrons. The van der Waals surface area contributed by atoms with Crippen LogP contribution in [0.4, 0.5) is 0 Å². The summed E-state index contributed by atoms with van der Waals surface area (Å²) in [5.74, 6) is -2.82. The van der Waals surface area contributed by atoms with Crippen LogP contribution in [-0.2, 0) is 37.8 Å². The first kappa shape index (κ1) is 29.0. The van der Waals surface area contributed by atoms with Crippen molar-refractivity contribution in [3.63, 3.8) is 0 Å². The number of carbonyl (C=O) groups is 4. The Morgan fingerprint density at radius 2 is 1.76 bits per heavy atom. The Hall–Kier alpha value is -4.54. The fourth-order valence-electron chi connectivity index (χ4n) is 4.87. The van der Waals surface area contributed by atoms with Gasteiger partial charge in [-0.25, -0.2) is 9.78 Å². The molecular weight excluding hydrogens is 583 g/mol. The first-order valence-electron chi connectivity index (χ1n) is 12.9. The molecule has 0 aliphatic carbocycles. The van der Waals surface area contributed by atoms with E-state index >= 15 is 0 Å². The topological polar surface area (TPSA) is 136 Å². The lowest BCUT2D eigenvalue weighted by Crippen LogP contribution is -2.62. The summed E-state index contributed by atoms with van der Waals surface area (Å²) in [5.41, 5.74) is -0.942. The number of halogens is 2. The third-order valence-electron chi connectivity index (χ3n) is 7.01. The van der Waals surface area contributed by atoms with E-state index in [0.717, 1.165) is 4.57 Å². The van der Waals surface area contributed by atoms with Gasteiger partial charge >= 0.3 is 5.97 Å². The number of imide groups is 1. The highest BCUT2D eigenvalue weighted by molar-refractivity contribution is 6.42. The van der Waals surface area contributed by atoms with Gasteiger partial charge < -0.3 is 10.1 Å². The molecule has 1 saturated heterocycles.